The Kier molecular flexibility index (Phi) is 3.31. The van der Waals surface area contributed by atoms with Gasteiger partial charge in [0.2, 0.25) is 0 Å². The Hall–Kier alpha value is -0.860. The van der Waals surface area contributed by atoms with Crippen LogP contribution in [0.3, 0.4) is 0 Å². The van der Waals surface area contributed by atoms with Crippen molar-refractivity contribution in [2.24, 2.45) is 5.41 Å². The standard InChI is InChI=1S/C14H22N2/c1-14(2,3)13-10-15-12(9-16-13)11-7-5-4-6-8-11/h4-8,12-13,15-16H,9-10H2,1-3H3. The SMILES string of the molecule is CC(C)(C)C1CNC(c2ccccc2)CN1. The molecule has 0 saturated carbocycles. The van der Waals surface area contributed by atoms with Gasteiger partial charge in [0, 0.05) is 25.2 Å². The number of rotatable bonds is 1. The average Bonchev–Trinajstić information content (AvgIpc) is 2.29. The van der Waals surface area contributed by atoms with Crippen LogP contribution in [-0.4, -0.2) is 19.1 Å². The first-order valence-electron chi connectivity index (χ1n) is 6.09. The molecule has 2 rings (SSSR count). The Morgan fingerprint density at radius 2 is 1.69 bits per heavy atom. The fourth-order valence-corrected chi connectivity index (χ4v) is 2.20. The first-order valence-corrected chi connectivity index (χ1v) is 6.09. The molecule has 1 saturated heterocycles. The summed E-state index contributed by atoms with van der Waals surface area (Å²) in [6, 6.07) is 11.7. The van der Waals surface area contributed by atoms with E-state index >= 15 is 0 Å². The van der Waals surface area contributed by atoms with Crippen molar-refractivity contribution < 1.29 is 0 Å². The summed E-state index contributed by atoms with van der Waals surface area (Å²) < 4.78 is 0. The van der Waals surface area contributed by atoms with Gasteiger partial charge in [-0.2, -0.15) is 0 Å². The topological polar surface area (TPSA) is 24.1 Å². The monoisotopic (exact) mass is 218 g/mol. The number of nitrogens with one attached hydrogen (secondary N) is 2. The second-order valence-electron chi connectivity index (χ2n) is 5.70. The summed E-state index contributed by atoms with van der Waals surface area (Å²) in [5, 5.41) is 7.27. The molecule has 0 bridgehead atoms. The lowest BCUT2D eigenvalue weighted by atomic mass is 9.85. The highest BCUT2D eigenvalue weighted by molar-refractivity contribution is 5.20. The third-order valence-corrected chi connectivity index (χ3v) is 3.38. The van der Waals surface area contributed by atoms with E-state index in [4.69, 9.17) is 0 Å². The molecule has 0 aliphatic carbocycles. The van der Waals surface area contributed by atoms with Crippen molar-refractivity contribution in [3.05, 3.63) is 35.9 Å². The van der Waals surface area contributed by atoms with Gasteiger partial charge in [-0.3, -0.25) is 0 Å². The maximum Gasteiger partial charge on any atom is 0.0447 e. The molecule has 2 N–H and O–H groups in total. The molecule has 1 aromatic rings. The summed E-state index contributed by atoms with van der Waals surface area (Å²) in [6.07, 6.45) is 0. The molecule has 2 nitrogen and oxygen atoms in total. The van der Waals surface area contributed by atoms with E-state index in [0.29, 0.717) is 17.5 Å². The molecule has 2 heteroatoms. The molecule has 0 amide bonds. The first-order chi connectivity index (χ1) is 7.57. The van der Waals surface area contributed by atoms with Crippen LogP contribution < -0.4 is 10.6 Å². The molecule has 2 atom stereocenters. The van der Waals surface area contributed by atoms with Gasteiger partial charge in [-0.15, -0.1) is 0 Å². The van der Waals surface area contributed by atoms with E-state index in [9.17, 15) is 0 Å². The van der Waals surface area contributed by atoms with E-state index in [2.05, 4.69) is 61.7 Å². The van der Waals surface area contributed by atoms with E-state index in [0.717, 1.165) is 13.1 Å². The summed E-state index contributed by atoms with van der Waals surface area (Å²) in [6.45, 7) is 8.93. The van der Waals surface area contributed by atoms with Crippen molar-refractivity contribution in [1.29, 1.82) is 0 Å². The Morgan fingerprint density at radius 1 is 1.00 bits per heavy atom. The number of piperazine rings is 1. The lowest BCUT2D eigenvalue weighted by molar-refractivity contribution is 0.215. The van der Waals surface area contributed by atoms with Gasteiger partial charge in [0.15, 0.2) is 0 Å². The number of benzene rings is 1. The predicted octanol–water partition coefficient (Wildman–Crippen LogP) is 2.34. The predicted molar refractivity (Wildman–Crippen MR) is 68.4 cm³/mol. The van der Waals surface area contributed by atoms with E-state index in [1.807, 2.05) is 0 Å². The third-order valence-electron chi connectivity index (χ3n) is 3.38. The Labute approximate surface area is 98.4 Å². The van der Waals surface area contributed by atoms with Gasteiger partial charge in [-0.25, -0.2) is 0 Å². The minimum atomic E-state index is 0.328. The summed E-state index contributed by atoms with van der Waals surface area (Å²) in [7, 11) is 0. The molecule has 1 aromatic carbocycles. The van der Waals surface area contributed by atoms with Crippen molar-refractivity contribution >= 4 is 0 Å². The fourth-order valence-electron chi connectivity index (χ4n) is 2.20. The summed E-state index contributed by atoms with van der Waals surface area (Å²) in [5.41, 5.74) is 1.71. The average molecular weight is 218 g/mol. The molecule has 0 aromatic heterocycles. The van der Waals surface area contributed by atoms with Crippen LogP contribution in [0.5, 0.6) is 0 Å². The van der Waals surface area contributed by atoms with Crippen LogP contribution in [0.4, 0.5) is 0 Å². The third kappa shape index (κ3) is 2.63. The van der Waals surface area contributed by atoms with Crippen molar-refractivity contribution in [3.63, 3.8) is 0 Å². The van der Waals surface area contributed by atoms with Crippen LogP contribution in [0.2, 0.25) is 0 Å². The summed E-state index contributed by atoms with van der Waals surface area (Å²) in [4.78, 5) is 0. The van der Waals surface area contributed by atoms with E-state index in [-0.39, 0.29) is 0 Å². The van der Waals surface area contributed by atoms with Gasteiger partial charge in [-0.05, 0) is 11.0 Å². The molecule has 0 radical (unpaired) electrons. The Morgan fingerprint density at radius 3 is 2.19 bits per heavy atom. The second-order valence-corrected chi connectivity index (χ2v) is 5.70. The van der Waals surface area contributed by atoms with Gasteiger partial charge < -0.3 is 10.6 Å². The highest BCUT2D eigenvalue weighted by Crippen LogP contribution is 2.23. The molecule has 88 valence electrons. The van der Waals surface area contributed by atoms with Crippen molar-refractivity contribution in [3.8, 4) is 0 Å². The van der Waals surface area contributed by atoms with Gasteiger partial charge >= 0.3 is 0 Å². The molecule has 0 spiro atoms. The van der Waals surface area contributed by atoms with E-state index < -0.39 is 0 Å². The highest BCUT2D eigenvalue weighted by atomic mass is 15.1. The first kappa shape index (κ1) is 11.6. The van der Waals surface area contributed by atoms with Gasteiger partial charge in [0.05, 0.1) is 0 Å². The van der Waals surface area contributed by atoms with Crippen LogP contribution in [0.25, 0.3) is 0 Å². The Balaban J connectivity index is 1.96. The Bertz CT molecular complexity index is 318. The largest absolute Gasteiger partial charge is 0.310 e. The quantitative estimate of drug-likeness (QED) is 0.756. The number of hydrogen-bond acceptors (Lipinski definition) is 2. The lowest BCUT2D eigenvalue weighted by Gasteiger charge is -2.38. The molecule has 1 heterocycles. The van der Waals surface area contributed by atoms with E-state index in [1.54, 1.807) is 0 Å². The normalized spacial score (nSPS) is 26.7. The number of hydrogen-bond donors (Lipinski definition) is 2. The zero-order valence-corrected chi connectivity index (χ0v) is 10.5. The zero-order chi connectivity index (χ0) is 11.6. The van der Waals surface area contributed by atoms with Gasteiger partial charge in [0.25, 0.3) is 0 Å². The van der Waals surface area contributed by atoms with Crippen LogP contribution >= 0.6 is 0 Å². The van der Waals surface area contributed by atoms with Crippen molar-refractivity contribution in [1.82, 2.24) is 10.6 Å². The fraction of sp³-hybridized carbons (Fsp3) is 0.571. The molecule has 1 fully saturated rings. The lowest BCUT2D eigenvalue weighted by Crippen LogP contribution is -2.55. The summed E-state index contributed by atoms with van der Waals surface area (Å²) >= 11 is 0. The zero-order valence-electron chi connectivity index (χ0n) is 10.5. The van der Waals surface area contributed by atoms with Gasteiger partial charge in [0.1, 0.15) is 0 Å². The van der Waals surface area contributed by atoms with Crippen LogP contribution in [0.15, 0.2) is 30.3 Å². The van der Waals surface area contributed by atoms with Crippen molar-refractivity contribution in [2.45, 2.75) is 32.9 Å². The highest BCUT2D eigenvalue weighted by Gasteiger charge is 2.29. The molecule has 2 unspecified atom stereocenters. The maximum absolute atomic E-state index is 3.65. The minimum Gasteiger partial charge on any atom is -0.310 e. The van der Waals surface area contributed by atoms with Crippen LogP contribution in [0, 0.1) is 5.41 Å². The molecule has 1 aliphatic rings. The molecular formula is C14H22N2. The van der Waals surface area contributed by atoms with Gasteiger partial charge in [-0.1, -0.05) is 51.1 Å². The second kappa shape index (κ2) is 4.56. The van der Waals surface area contributed by atoms with Crippen LogP contribution in [0.1, 0.15) is 32.4 Å². The maximum atomic E-state index is 3.65. The summed E-state index contributed by atoms with van der Waals surface area (Å²) in [5.74, 6) is 0. The smallest absolute Gasteiger partial charge is 0.0447 e. The van der Waals surface area contributed by atoms with Crippen LogP contribution in [-0.2, 0) is 0 Å². The molecular weight excluding hydrogens is 196 g/mol. The molecule has 16 heavy (non-hydrogen) atoms. The van der Waals surface area contributed by atoms with E-state index in [1.165, 1.54) is 5.56 Å². The minimum absolute atomic E-state index is 0.328. The molecule has 1 aliphatic heterocycles. The van der Waals surface area contributed by atoms with Crippen molar-refractivity contribution in [2.75, 3.05) is 13.1 Å².